The maximum Gasteiger partial charge on any atom is 0.227 e. The van der Waals surface area contributed by atoms with E-state index in [1.807, 2.05) is 11.1 Å². The van der Waals surface area contributed by atoms with Crippen molar-refractivity contribution in [3.8, 4) is 0 Å². The predicted octanol–water partition coefficient (Wildman–Crippen LogP) is 3.55. The second-order valence-corrected chi connectivity index (χ2v) is 8.76. The van der Waals surface area contributed by atoms with E-state index in [0.717, 1.165) is 48.6 Å². The molecular weight excluding hydrogens is 368 g/mol. The van der Waals surface area contributed by atoms with E-state index in [-0.39, 0.29) is 5.91 Å². The number of hydrogen-bond donors (Lipinski definition) is 1. The summed E-state index contributed by atoms with van der Waals surface area (Å²) in [5.41, 5.74) is 4.57. The number of hydrogen-bond acceptors (Lipinski definition) is 5. The van der Waals surface area contributed by atoms with Gasteiger partial charge in [-0.15, -0.1) is 11.3 Å². The molecule has 0 spiro atoms. The molecule has 1 fully saturated rings. The van der Waals surface area contributed by atoms with Crippen LogP contribution in [-0.4, -0.2) is 33.9 Å². The summed E-state index contributed by atoms with van der Waals surface area (Å²) in [6.07, 6.45) is 5.50. The van der Waals surface area contributed by atoms with Gasteiger partial charge in [-0.3, -0.25) is 4.79 Å². The Morgan fingerprint density at radius 2 is 2.32 bits per heavy atom. The topological polar surface area (TPSA) is 58.1 Å². The molecule has 2 aliphatic heterocycles. The predicted molar refractivity (Wildman–Crippen MR) is 111 cm³/mol. The van der Waals surface area contributed by atoms with Crippen LogP contribution in [0.1, 0.15) is 47.1 Å². The highest BCUT2D eigenvalue weighted by molar-refractivity contribution is 7.17. The number of aryl methyl sites for hydroxylation is 1. The molecule has 28 heavy (non-hydrogen) atoms. The van der Waals surface area contributed by atoms with Crippen molar-refractivity contribution in [2.75, 3.05) is 13.1 Å². The summed E-state index contributed by atoms with van der Waals surface area (Å²) in [5, 5.41) is 6.81. The third-order valence-electron chi connectivity index (χ3n) is 5.83. The van der Waals surface area contributed by atoms with Gasteiger partial charge in [0.1, 0.15) is 5.82 Å². The Morgan fingerprint density at radius 1 is 1.39 bits per heavy atom. The second-order valence-electron chi connectivity index (χ2n) is 7.85. The third kappa shape index (κ3) is 3.31. The quantitative estimate of drug-likeness (QED) is 0.741. The number of benzene rings is 1. The number of fused-ring (bicyclic) bond motifs is 2. The number of thiophene rings is 1. The van der Waals surface area contributed by atoms with Crippen molar-refractivity contribution in [1.82, 2.24) is 20.2 Å². The summed E-state index contributed by atoms with van der Waals surface area (Å²) in [5.74, 6) is 1.10. The normalized spacial score (nSPS) is 19.2. The first-order valence-electron chi connectivity index (χ1n) is 10.00. The summed E-state index contributed by atoms with van der Waals surface area (Å²) in [6.45, 7) is 4.50. The van der Waals surface area contributed by atoms with Crippen LogP contribution in [0.3, 0.4) is 0 Å². The van der Waals surface area contributed by atoms with Crippen LogP contribution in [0.25, 0.3) is 10.1 Å². The maximum absolute atomic E-state index is 13.0. The molecule has 0 bridgehead atoms. The molecule has 144 valence electrons. The van der Waals surface area contributed by atoms with Gasteiger partial charge in [0.25, 0.3) is 0 Å². The number of nitrogens with zero attached hydrogens (tertiary/aromatic N) is 3. The molecule has 1 saturated heterocycles. The van der Waals surface area contributed by atoms with Crippen molar-refractivity contribution in [3.63, 3.8) is 0 Å². The smallest absolute Gasteiger partial charge is 0.227 e. The van der Waals surface area contributed by atoms with Crippen LogP contribution in [0, 0.1) is 6.92 Å². The summed E-state index contributed by atoms with van der Waals surface area (Å²) < 4.78 is 1.25. The average molecular weight is 393 g/mol. The van der Waals surface area contributed by atoms with Crippen molar-refractivity contribution in [3.05, 3.63) is 58.0 Å². The van der Waals surface area contributed by atoms with E-state index in [9.17, 15) is 4.79 Å². The summed E-state index contributed by atoms with van der Waals surface area (Å²) in [7, 11) is 0. The molecule has 5 rings (SSSR count). The molecule has 2 aromatic heterocycles. The first-order chi connectivity index (χ1) is 13.7. The van der Waals surface area contributed by atoms with Crippen molar-refractivity contribution >= 4 is 27.3 Å². The minimum Gasteiger partial charge on any atom is -0.338 e. The Labute approximate surface area is 168 Å². The molecule has 2 aliphatic rings. The number of nitrogens with one attached hydrogen (secondary N) is 1. The number of rotatable bonds is 3. The monoisotopic (exact) mass is 392 g/mol. The van der Waals surface area contributed by atoms with Crippen LogP contribution in [0.15, 0.2) is 29.8 Å². The molecule has 0 unspecified atom stereocenters. The average Bonchev–Trinajstić information content (AvgIpc) is 3.38. The zero-order chi connectivity index (χ0) is 19.1. The first-order valence-corrected chi connectivity index (χ1v) is 10.9. The van der Waals surface area contributed by atoms with E-state index in [1.165, 1.54) is 22.1 Å². The molecule has 4 heterocycles. The summed E-state index contributed by atoms with van der Waals surface area (Å²) >= 11 is 1.72. The van der Waals surface area contributed by atoms with Crippen molar-refractivity contribution in [2.24, 2.45) is 0 Å². The fourth-order valence-electron chi connectivity index (χ4n) is 4.22. The van der Waals surface area contributed by atoms with E-state index in [2.05, 4.69) is 40.8 Å². The van der Waals surface area contributed by atoms with Gasteiger partial charge in [-0.1, -0.05) is 17.7 Å². The third-order valence-corrected chi connectivity index (χ3v) is 6.84. The highest BCUT2D eigenvalue weighted by Gasteiger charge is 2.25. The molecule has 0 saturated carbocycles. The van der Waals surface area contributed by atoms with E-state index in [1.54, 1.807) is 11.3 Å². The van der Waals surface area contributed by atoms with Gasteiger partial charge in [0, 0.05) is 36.0 Å². The van der Waals surface area contributed by atoms with Gasteiger partial charge in [-0.05, 0) is 48.7 Å². The van der Waals surface area contributed by atoms with Crippen molar-refractivity contribution < 1.29 is 4.79 Å². The molecule has 3 aromatic rings. The summed E-state index contributed by atoms with van der Waals surface area (Å²) in [6, 6.07) is 6.75. The summed E-state index contributed by atoms with van der Waals surface area (Å²) in [4.78, 5) is 24.3. The number of carbonyl (C=O) groups is 1. The van der Waals surface area contributed by atoms with Crippen LogP contribution in [-0.2, 0) is 24.2 Å². The lowest BCUT2D eigenvalue weighted by atomic mass is 10.0. The van der Waals surface area contributed by atoms with Gasteiger partial charge in [-0.25, -0.2) is 9.97 Å². The standard InChI is InChI=1S/C22H24N4OS/c1-14-4-5-20-17(9-14)15(13-28-20)10-21(27)26-8-6-18-16(12-26)11-24-22(25-18)19-3-2-7-23-19/h4-5,9,11,13,19,23H,2-3,6-8,10,12H2,1H3/t19-/m0/s1. The Hall–Kier alpha value is -2.31. The maximum atomic E-state index is 13.0. The molecule has 0 radical (unpaired) electrons. The minimum absolute atomic E-state index is 0.188. The van der Waals surface area contributed by atoms with Gasteiger partial charge in [0.2, 0.25) is 5.91 Å². The van der Waals surface area contributed by atoms with Gasteiger partial charge < -0.3 is 10.2 Å². The van der Waals surface area contributed by atoms with Crippen LogP contribution < -0.4 is 5.32 Å². The number of carbonyl (C=O) groups excluding carboxylic acids is 1. The zero-order valence-corrected chi connectivity index (χ0v) is 16.9. The molecule has 0 aliphatic carbocycles. The highest BCUT2D eigenvalue weighted by atomic mass is 32.1. The zero-order valence-electron chi connectivity index (χ0n) is 16.1. The lowest BCUT2D eigenvalue weighted by Gasteiger charge is -2.28. The van der Waals surface area contributed by atoms with Gasteiger partial charge >= 0.3 is 0 Å². The number of aromatic nitrogens is 2. The molecule has 1 amide bonds. The molecule has 1 N–H and O–H groups in total. The van der Waals surface area contributed by atoms with E-state index < -0.39 is 0 Å². The van der Waals surface area contributed by atoms with Gasteiger partial charge in [0.05, 0.1) is 18.2 Å². The lowest BCUT2D eigenvalue weighted by molar-refractivity contribution is -0.131. The van der Waals surface area contributed by atoms with E-state index in [0.29, 0.717) is 19.0 Å². The fourth-order valence-corrected chi connectivity index (χ4v) is 5.17. The number of amides is 1. The lowest BCUT2D eigenvalue weighted by Crippen LogP contribution is -2.37. The van der Waals surface area contributed by atoms with Gasteiger partial charge in [0.15, 0.2) is 0 Å². The fraction of sp³-hybridized carbons (Fsp3) is 0.409. The highest BCUT2D eigenvalue weighted by Crippen LogP contribution is 2.28. The SMILES string of the molecule is Cc1ccc2scc(CC(=O)N3CCc4nc([C@@H]5CCCN5)ncc4C3)c2c1. The Bertz CT molecular complexity index is 1040. The molecule has 6 heteroatoms. The van der Waals surface area contributed by atoms with Crippen molar-refractivity contribution in [1.29, 1.82) is 0 Å². The minimum atomic E-state index is 0.188. The van der Waals surface area contributed by atoms with Crippen LogP contribution in [0.4, 0.5) is 0 Å². The van der Waals surface area contributed by atoms with Gasteiger partial charge in [-0.2, -0.15) is 0 Å². The molecule has 5 nitrogen and oxygen atoms in total. The van der Waals surface area contributed by atoms with E-state index >= 15 is 0 Å². The Morgan fingerprint density at radius 3 is 3.18 bits per heavy atom. The van der Waals surface area contributed by atoms with Crippen LogP contribution in [0.2, 0.25) is 0 Å². The molecule has 1 atom stereocenters. The molecular formula is C22H24N4OS. The Balaban J connectivity index is 1.31. The van der Waals surface area contributed by atoms with Crippen LogP contribution >= 0.6 is 11.3 Å². The molecule has 1 aromatic carbocycles. The first kappa shape index (κ1) is 17.8. The second kappa shape index (κ2) is 7.26. The van der Waals surface area contributed by atoms with Crippen molar-refractivity contribution in [2.45, 2.75) is 45.2 Å². The largest absolute Gasteiger partial charge is 0.338 e. The Kier molecular flexibility index (Phi) is 4.61. The van der Waals surface area contributed by atoms with E-state index in [4.69, 9.17) is 4.98 Å². The van der Waals surface area contributed by atoms with Crippen LogP contribution in [0.5, 0.6) is 0 Å².